The molecule has 1 saturated carbocycles. The fraction of sp³-hybridized carbons (Fsp3) is 0.483. The summed E-state index contributed by atoms with van der Waals surface area (Å²) in [6.07, 6.45) is 4.06. The Kier molecular flexibility index (Phi) is 7.17. The van der Waals surface area contributed by atoms with Gasteiger partial charge in [0.05, 0.1) is 29.9 Å². The van der Waals surface area contributed by atoms with Gasteiger partial charge in [-0.2, -0.15) is 5.10 Å². The minimum atomic E-state index is -1.13. The smallest absolute Gasteiger partial charge is 0.225 e. The molecule has 1 unspecified atom stereocenters. The SMILES string of the molecule is Cc1nn(COCC[Si](C)(C)C)c(C)c1-c1ccc(NC(=O)CC2c3ccc(F)cc3OCC23CC3)cn1. The molecule has 1 fully saturated rings. The molecule has 0 radical (unpaired) electrons. The van der Waals surface area contributed by atoms with Gasteiger partial charge in [-0.3, -0.25) is 9.78 Å². The van der Waals surface area contributed by atoms with Crippen LogP contribution in [0.2, 0.25) is 25.7 Å². The van der Waals surface area contributed by atoms with Gasteiger partial charge < -0.3 is 14.8 Å². The highest BCUT2D eigenvalue weighted by atomic mass is 28.3. The van der Waals surface area contributed by atoms with Crippen LogP contribution in [0.25, 0.3) is 11.3 Å². The number of hydrogen-bond acceptors (Lipinski definition) is 5. The fourth-order valence-corrected chi connectivity index (χ4v) is 6.05. The number of carbonyl (C=O) groups is 1. The number of benzene rings is 1. The molecule has 1 spiro atoms. The summed E-state index contributed by atoms with van der Waals surface area (Å²) in [5.74, 6) is 0.168. The molecular weight excluding hydrogens is 499 g/mol. The molecule has 3 aromatic rings. The summed E-state index contributed by atoms with van der Waals surface area (Å²) in [5.41, 5.74) is 5.24. The zero-order valence-electron chi connectivity index (χ0n) is 22.9. The van der Waals surface area contributed by atoms with Crippen LogP contribution in [0.15, 0.2) is 36.5 Å². The molecular formula is C29H37FN4O3Si. The molecule has 2 aromatic heterocycles. The van der Waals surface area contributed by atoms with Crippen LogP contribution in [0.5, 0.6) is 5.75 Å². The fourth-order valence-electron chi connectivity index (χ4n) is 5.29. The number of pyridine rings is 1. The van der Waals surface area contributed by atoms with E-state index >= 15 is 0 Å². The van der Waals surface area contributed by atoms with Gasteiger partial charge in [0.1, 0.15) is 18.3 Å². The van der Waals surface area contributed by atoms with Crippen LogP contribution in [-0.2, 0) is 16.3 Å². The van der Waals surface area contributed by atoms with Gasteiger partial charge in [0.2, 0.25) is 5.91 Å². The summed E-state index contributed by atoms with van der Waals surface area (Å²) in [4.78, 5) is 17.7. The van der Waals surface area contributed by atoms with Crippen LogP contribution in [0.1, 0.15) is 42.1 Å². The van der Waals surface area contributed by atoms with Gasteiger partial charge in [0.15, 0.2) is 0 Å². The normalized spacial score (nSPS) is 17.7. The molecule has 1 aromatic carbocycles. The van der Waals surface area contributed by atoms with E-state index in [2.05, 4.69) is 35.0 Å². The van der Waals surface area contributed by atoms with Crippen molar-refractivity contribution >= 4 is 19.7 Å². The third-order valence-electron chi connectivity index (χ3n) is 7.78. The molecule has 9 heteroatoms. The molecule has 3 heterocycles. The van der Waals surface area contributed by atoms with Crippen LogP contribution in [0.4, 0.5) is 10.1 Å². The number of anilines is 1. The summed E-state index contributed by atoms with van der Waals surface area (Å²) in [7, 11) is -1.13. The van der Waals surface area contributed by atoms with E-state index in [9.17, 15) is 9.18 Å². The van der Waals surface area contributed by atoms with E-state index in [1.807, 2.05) is 30.7 Å². The predicted octanol–water partition coefficient (Wildman–Crippen LogP) is 6.30. The second-order valence-corrected chi connectivity index (χ2v) is 17.6. The lowest BCUT2D eigenvalue weighted by molar-refractivity contribution is -0.117. The number of carbonyl (C=O) groups excluding carboxylic acids is 1. The van der Waals surface area contributed by atoms with Crippen LogP contribution < -0.4 is 10.1 Å². The van der Waals surface area contributed by atoms with Gasteiger partial charge in [-0.15, -0.1) is 0 Å². The van der Waals surface area contributed by atoms with Crippen molar-refractivity contribution in [1.29, 1.82) is 0 Å². The number of rotatable bonds is 9. The minimum Gasteiger partial charge on any atom is -0.493 e. The average Bonchev–Trinajstić information content (AvgIpc) is 3.57. The molecule has 202 valence electrons. The molecule has 1 amide bonds. The van der Waals surface area contributed by atoms with Crippen molar-refractivity contribution in [2.45, 2.75) is 71.4 Å². The first-order chi connectivity index (χ1) is 18.0. The van der Waals surface area contributed by atoms with Crippen LogP contribution in [0, 0.1) is 25.1 Å². The predicted molar refractivity (Wildman–Crippen MR) is 149 cm³/mol. The number of ether oxygens (including phenoxy) is 2. The summed E-state index contributed by atoms with van der Waals surface area (Å²) >= 11 is 0. The molecule has 0 saturated heterocycles. The molecule has 0 bridgehead atoms. The largest absolute Gasteiger partial charge is 0.493 e. The zero-order valence-corrected chi connectivity index (χ0v) is 23.9. The van der Waals surface area contributed by atoms with Crippen molar-refractivity contribution < 1.29 is 18.7 Å². The van der Waals surface area contributed by atoms with Crippen molar-refractivity contribution in [2.75, 3.05) is 18.5 Å². The van der Waals surface area contributed by atoms with E-state index in [4.69, 9.17) is 9.47 Å². The van der Waals surface area contributed by atoms with E-state index in [1.54, 1.807) is 12.3 Å². The maximum Gasteiger partial charge on any atom is 0.225 e. The number of hydrogen-bond donors (Lipinski definition) is 1. The van der Waals surface area contributed by atoms with Gasteiger partial charge >= 0.3 is 0 Å². The maximum absolute atomic E-state index is 13.7. The van der Waals surface area contributed by atoms with Gasteiger partial charge in [0.25, 0.3) is 0 Å². The van der Waals surface area contributed by atoms with E-state index in [1.165, 1.54) is 12.1 Å². The Morgan fingerprint density at radius 1 is 1.24 bits per heavy atom. The van der Waals surface area contributed by atoms with E-state index in [0.717, 1.165) is 53.7 Å². The Hall–Kier alpha value is -3.04. The maximum atomic E-state index is 13.7. The second-order valence-electron chi connectivity index (χ2n) is 12.0. The molecule has 38 heavy (non-hydrogen) atoms. The lowest BCUT2D eigenvalue weighted by Gasteiger charge is -2.33. The first-order valence-electron chi connectivity index (χ1n) is 13.3. The van der Waals surface area contributed by atoms with Crippen LogP contribution >= 0.6 is 0 Å². The lowest BCUT2D eigenvalue weighted by atomic mass is 9.79. The van der Waals surface area contributed by atoms with Crippen LogP contribution in [0.3, 0.4) is 0 Å². The van der Waals surface area contributed by atoms with E-state index in [-0.39, 0.29) is 23.1 Å². The quantitative estimate of drug-likeness (QED) is 0.257. The average molecular weight is 537 g/mol. The lowest BCUT2D eigenvalue weighted by Crippen LogP contribution is -2.30. The molecule has 1 atom stereocenters. The Balaban J connectivity index is 1.23. The number of nitrogens with one attached hydrogen (secondary N) is 1. The van der Waals surface area contributed by atoms with Gasteiger partial charge in [0, 0.05) is 49.8 Å². The third kappa shape index (κ3) is 5.68. The van der Waals surface area contributed by atoms with Crippen molar-refractivity contribution in [1.82, 2.24) is 14.8 Å². The summed E-state index contributed by atoms with van der Waals surface area (Å²) in [5, 5.41) is 7.66. The zero-order chi connectivity index (χ0) is 27.1. The highest BCUT2D eigenvalue weighted by Crippen LogP contribution is 2.61. The van der Waals surface area contributed by atoms with Crippen molar-refractivity contribution in [3.05, 3.63) is 59.3 Å². The summed E-state index contributed by atoms with van der Waals surface area (Å²) in [6.45, 7) is 12.7. The Bertz CT molecular complexity index is 1330. The van der Waals surface area contributed by atoms with Crippen molar-refractivity contribution in [3.63, 3.8) is 0 Å². The first kappa shape index (κ1) is 26.6. The topological polar surface area (TPSA) is 78.3 Å². The van der Waals surface area contributed by atoms with E-state index in [0.29, 0.717) is 31.2 Å². The van der Waals surface area contributed by atoms with Gasteiger partial charge in [-0.1, -0.05) is 25.7 Å². The Morgan fingerprint density at radius 2 is 2.03 bits per heavy atom. The number of aromatic nitrogens is 3. The second kappa shape index (κ2) is 10.3. The van der Waals surface area contributed by atoms with Crippen molar-refractivity contribution in [3.8, 4) is 17.0 Å². The van der Waals surface area contributed by atoms with Gasteiger partial charge in [-0.25, -0.2) is 9.07 Å². The summed E-state index contributed by atoms with van der Waals surface area (Å²) < 4.78 is 27.3. The number of fused-ring (bicyclic) bond motifs is 1. The standard InChI is InChI=1S/C29H37FN4O3Si/c1-19-28(20(2)34(33-19)18-36-12-13-38(3,4)5)25-9-7-22(16-31-25)32-27(35)15-24-23-8-6-21(30)14-26(23)37-17-29(24)10-11-29/h6-9,14,16,24H,10-13,15,17-18H2,1-5H3,(H,32,35). The molecule has 2 aliphatic rings. The van der Waals surface area contributed by atoms with Crippen molar-refractivity contribution in [2.24, 2.45) is 5.41 Å². The third-order valence-corrected chi connectivity index (χ3v) is 9.49. The highest BCUT2D eigenvalue weighted by molar-refractivity contribution is 6.76. The number of amides is 1. The first-order valence-corrected chi connectivity index (χ1v) is 17.1. The molecule has 1 N–H and O–H groups in total. The summed E-state index contributed by atoms with van der Waals surface area (Å²) in [6, 6.07) is 9.54. The molecule has 1 aliphatic carbocycles. The minimum absolute atomic E-state index is 0.0160. The Morgan fingerprint density at radius 3 is 2.71 bits per heavy atom. The van der Waals surface area contributed by atoms with Crippen LogP contribution in [-0.4, -0.2) is 42.0 Å². The monoisotopic (exact) mass is 536 g/mol. The van der Waals surface area contributed by atoms with E-state index < -0.39 is 8.07 Å². The molecule has 5 rings (SSSR count). The molecule has 7 nitrogen and oxygen atoms in total. The Labute approximate surface area is 224 Å². The number of nitrogens with zero attached hydrogens (tertiary/aromatic N) is 3. The number of aryl methyl sites for hydroxylation is 1. The number of halogens is 1. The van der Waals surface area contributed by atoms with Gasteiger partial charge in [-0.05, 0) is 56.5 Å². The highest BCUT2D eigenvalue weighted by Gasteiger charge is 2.54. The molecule has 1 aliphatic heterocycles.